The van der Waals surface area contributed by atoms with Crippen LogP contribution in [0.1, 0.15) is 4.88 Å². The van der Waals surface area contributed by atoms with Crippen molar-refractivity contribution in [1.82, 2.24) is 10.3 Å². The molecule has 1 aromatic heterocycles. The first-order valence-corrected chi connectivity index (χ1v) is 7.52. The molecule has 2 heterocycles. The fraction of sp³-hybridized carbons (Fsp3) is 0.400. The van der Waals surface area contributed by atoms with Gasteiger partial charge in [0.1, 0.15) is 5.01 Å². The Balaban J connectivity index is 1.55. The quantitative estimate of drug-likeness (QED) is 0.853. The van der Waals surface area contributed by atoms with Crippen molar-refractivity contribution in [3.8, 4) is 10.6 Å². The third-order valence-corrected chi connectivity index (χ3v) is 4.57. The summed E-state index contributed by atoms with van der Waals surface area (Å²) in [4.78, 5) is 5.67. The van der Waals surface area contributed by atoms with E-state index in [2.05, 4.69) is 22.4 Å². The summed E-state index contributed by atoms with van der Waals surface area (Å²) in [6.45, 7) is 3.04. The number of thiazole rings is 1. The first kappa shape index (κ1) is 13.7. The summed E-state index contributed by atoms with van der Waals surface area (Å²) in [7, 11) is 0. The molecule has 3 rings (SSSR count). The number of hydrogen-bond donors (Lipinski definition) is 2. The first-order chi connectivity index (χ1) is 9.81. The zero-order chi connectivity index (χ0) is 13.8. The van der Waals surface area contributed by atoms with E-state index in [1.165, 1.54) is 4.88 Å². The predicted molar refractivity (Wildman–Crippen MR) is 79.6 cm³/mol. The molecule has 0 spiro atoms. The van der Waals surface area contributed by atoms with E-state index in [-0.39, 0.29) is 12.0 Å². The number of aromatic nitrogens is 1. The standard InChI is InChI=1S/C15H18N2O2S/c18-9-15(10-19-11-15)8-16-6-13-7-17-14(20-13)12-4-2-1-3-5-12/h1-5,7,16,18H,6,8-11H2. The monoisotopic (exact) mass is 290 g/mol. The summed E-state index contributed by atoms with van der Waals surface area (Å²) in [6.07, 6.45) is 1.92. The zero-order valence-electron chi connectivity index (χ0n) is 11.2. The van der Waals surface area contributed by atoms with Gasteiger partial charge in [-0.05, 0) is 0 Å². The Bertz CT molecular complexity index is 547. The lowest BCUT2D eigenvalue weighted by molar-refractivity contribution is -0.134. The molecule has 20 heavy (non-hydrogen) atoms. The summed E-state index contributed by atoms with van der Waals surface area (Å²) >= 11 is 1.70. The molecule has 0 amide bonds. The molecule has 0 unspecified atom stereocenters. The minimum Gasteiger partial charge on any atom is -0.396 e. The summed E-state index contributed by atoms with van der Waals surface area (Å²) in [5.41, 5.74) is 1.08. The second-order valence-corrected chi connectivity index (χ2v) is 6.37. The van der Waals surface area contributed by atoms with Crippen LogP contribution >= 0.6 is 11.3 Å². The molecule has 0 bridgehead atoms. The third kappa shape index (κ3) is 2.91. The fourth-order valence-corrected chi connectivity index (χ4v) is 3.08. The van der Waals surface area contributed by atoms with Crippen LogP contribution in [0.3, 0.4) is 0 Å². The second-order valence-electron chi connectivity index (χ2n) is 5.25. The molecule has 0 saturated carbocycles. The van der Waals surface area contributed by atoms with Crippen molar-refractivity contribution >= 4 is 11.3 Å². The Morgan fingerprint density at radius 1 is 1.30 bits per heavy atom. The van der Waals surface area contributed by atoms with Crippen molar-refractivity contribution in [1.29, 1.82) is 0 Å². The summed E-state index contributed by atoms with van der Waals surface area (Å²) in [5.74, 6) is 0. The minimum absolute atomic E-state index is 0.0764. The van der Waals surface area contributed by atoms with E-state index in [1.54, 1.807) is 11.3 Å². The molecule has 1 aliphatic heterocycles. The van der Waals surface area contributed by atoms with Crippen LogP contribution in [-0.2, 0) is 11.3 Å². The number of ether oxygens (including phenoxy) is 1. The van der Waals surface area contributed by atoms with Crippen LogP contribution in [0.4, 0.5) is 0 Å². The van der Waals surface area contributed by atoms with Crippen LogP contribution in [-0.4, -0.2) is 36.5 Å². The highest BCUT2D eigenvalue weighted by atomic mass is 32.1. The lowest BCUT2D eigenvalue weighted by Crippen LogP contribution is -2.52. The molecule has 1 fully saturated rings. The van der Waals surface area contributed by atoms with Crippen LogP contribution in [0, 0.1) is 5.41 Å². The average Bonchev–Trinajstić information content (AvgIpc) is 2.92. The Morgan fingerprint density at radius 2 is 2.10 bits per heavy atom. The summed E-state index contributed by atoms with van der Waals surface area (Å²) in [6, 6.07) is 10.2. The highest BCUT2D eigenvalue weighted by Crippen LogP contribution is 2.27. The number of nitrogens with one attached hydrogen (secondary N) is 1. The molecular formula is C15H18N2O2S. The van der Waals surface area contributed by atoms with Gasteiger partial charge in [0.05, 0.1) is 25.2 Å². The Kier molecular flexibility index (Phi) is 4.12. The molecule has 0 atom stereocenters. The van der Waals surface area contributed by atoms with Crippen LogP contribution in [0.2, 0.25) is 0 Å². The van der Waals surface area contributed by atoms with E-state index in [0.29, 0.717) is 13.2 Å². The van der Waals surface area contributed by atoms with Gasteiger partial charge in [0.2, 0.25) is 0 Å². The van der Waals surface area contributed by atoms with Crippen molar-refractivity contribution in [2.24, 2.45) is 5.41 Å². The van der Waals surface area contributed by atoms with Gasteiger partial charge >= 0.3 is 0 Å². The van der Waals surface area contributed by atoms with E-state index < -0.39 is 0 Å². The lowest BCUT2D eigenvalue weighted by Gasteiger charge is -2.39. The van der Waals surface area contributed by atoms with Gasteiger partial charge in [-0.15, -0.1) is 11.3 Å². The number of rotatable bonds is 6. The van der Waals surface area contributed by atoms with Gasteiger partial charge in [0.25, 0.3) is 0 Å². The lowest BCUT2D eigenvalue weighted by atomic mass is 9.87. The molecule has 2 N–H and O–H groups in total. The molecule has 1 aliphatic rings. The van der Waals surface area contributed by atoms with Crippen LogP contribution < -0.4 is 5.32 Å². The van der Waals surface area contributed by atoms with E-state index in [4.69, 9.17) is 4.74 Å². The van der Waals surface area contributed by atoms with E-state index in [1.807, 2.05) is 24.4 Å². The molecule has 0 radical (unpaired) electrons. The Hall–Kier alpha value is -1.27. The SMILES string of the molecule is OCC1(CNCc2cnc(-c3ccccc3)s2)COC1. The first-order valence-electron chi connectivity index (χ1n) is 6.71. The van der Waals surface area contributed by atoms with Gasteiger partial charge in [-0.2, -0.15) is 0 Å². The number of nitrogens with zero attached hydrogens (tertiary/aromatic N) is 1. The van der Waals surface area contributed by atoms with E-state index in [0.717, 1.165) is 23.7 Å². The molecule has 106 valence electrons. The molecular weight excluding hydrogens is 272 g/mol. The smallest absolute Gasteiger partial charge is 0.123 e. The molecule has 0 aliphatic carbocycles. The normalized spacial score (nSPS) is 16.9. The van der Waals surface area contributed by atoms with Gasteiger partial charge in [-0.3, -0.25) is 0 Å². The second kappa shape index (κ2) is 6.01. The maximum Gasteiger partial charge on any atom is 0.123 e. The van der Waals surface area contributed by atoms with Crippen molar-refractivity contribution in [2.45, 2.75) is 6.54 Å². The number of benzene rings is 1. The Morgan fingerprint density at radius 3 is 2.75 bits per heavy atom. The van der Waals surface area contributed by atoms with Crippen molar-refractivity contribution < 1.29 is 9.84 Å². The Labute approximate surface area is 122 Å². The fourth-order valence-electron chi connectivity index (χ4n) is 2.19. The summed E-state index contributed by atoms with van der Waals surface area (Å²) < 4.78 is 5.18. The highest BCUT2D eigenvalue weighted by molar-refractivity contribution is 7.15. The molecule has 4 nitrogen and oxygen atoms in total. The van der Waals surface area contributed by atoms with Gasteiger partial charge < -0.3 is 15.2 Å². The van der Waals surface area contributed by atoms with Crippen LogP contribution in [0.15, 0.2) is 36.5 Å². The molecule has 5 heteroatoms. The van der Waals surface area contributed by atoms with Gasteiger partial charge in [-0.25, -0.2) is 4.98 Å². The minimum atomic E-state index is -0.0764. The van der Waals surface area contributed by atoms with Crippen molar-refractivity contribution in [3.05, 3.63) is 41.4 Å². The summed E-state index contributed by atoms with van der Waals surface area (Å²) in [5, 5.41) is 13.8. The number of hydrogen-bond acceptors (Lipinski definition) is 5. The average molecular weight is 290 g/mol. The largest absolute Gasteiger partial charge is 0.396 e. The maximum atomic E-state index is 9.36. The molecule has 1 saturated heterocycles. The molecule has 1 aromatic carbocycles. The molecule has 2 aromatic rings. The van der Waals surface area contributed by atoms with Crippen LogP contribution in [0.25, 0.3) is 10.6 Å². The topological polar surface area (TPSA) is 54.4 Å². The van der Waals surface area contributed by atoms with Crippen molar-refractivity contribution in [3.63, 3.8) is 0 Å². The van der Waals surface area contributed by atoms with Gasteiger partial charge in [0.15, 0.2) is 0 Å². The van der Waals surface area contributed by atoms with Gasteiger partial charge in [-0.1, -0.05) is 30.3 Å². The van der Waals surface area contributed by atoms with Crippen molar-refractivity contribution in [2.75, 3.05) is 26.4 Å². The van der Waals surface area contributed by atoms with Gasteiger partial charge in [0, 0.05) is 29.7 Å². The number of aliphatic hydroxyl groups excluding tert-OH is 1. The zero-order valence-corrected chi connectivity index (χ0v) is 12.0. The predicted octanol–water partition coefficient (Wildman–Crippen LogP) is 1.91. The number of aliphatic hydroxyl groups is 1. The highest BCUT2D eigenvalue weighted by Gasteiger charge is 2.37. The maximum absolute atomic E-state index is 9.36. The van der Waals surface area contributed by atoms with Crippen LogP contribution in [0.5, 0.6) is 0 Å². The third-order valence-electron chi connectivity index (χ3n) is 3.53. The van der Waals surface area contributed by atoms with E-state index >= 15 is 0 Å². The van der Waals surface area contributed by atoms with E-state index in [9.17, 15) is 5.11 Å².